The van der Waals surface area contributed by atoms with Crippen LogP contribution in [0.15, 0.2) is 54.6 Å². The molecule has 0 saturated carbocycles. The first-order valence-corrected chi connectivity index (χ1v) is 12.4. The van der Waals surface area contributed by atoms with Crippen molar-refractivity contribution >= 4 is 6.09 Å². The standard InChI is InChI=1S/C28H36N4O3/c1-28(2,3)35-27(33)30-23(20-34-26-13-9-21(15-29)10-14-26)17-32-24-11-12-25(32)19-31(18-24)16-22-7-5-4-6-8-22/h4-10,13-14,23-25H,11-12,16-20H2,1-3H3,(H,30,33)/t23-,24-,25-/m0/s1. The smallest absolute Gasteiger partial charge is 0.408 e. The van der Waals surface area contributed by atoms with Crippen molar-refractivity contribution in [2.24, 2.45) is 0 Å². The molecule has 0 unspecified atom stereocenters. The van der Waals surface area contributed by atoms with Crippen LogP contribution in [0.3, 0.4) is 0 Å². The lowest BCUT2D eigenvalue weighted by atomic mass is 10.1. The molecule has 0 spiro atoms. The van der Waals surface area contributed by atoms with E-state index in [9.17, 15) is 4.79 Å². The lowest BCUT2D eigenvalue weighted by Crippen LogP contribution is -2.58. The van der Waals surface area contributed by atoms with Gasteiger partial charge in [-0.1, -0.05) is 30.3 Å². The molecule has 7 nitrogen and oxygen atoms in total. The first-order chi connectivity index (χ1) is 16.8. The largest absolute Gasteiger partial charge is 0.491 e. The summed E-state index contributed by atoms with van der Waals surface area (Å²) in [4.78, 5) is 17.7. The second kappa shape index (κ2) is 11.1. The number of fused-ring (bicyclic) bond motifs is 2. The number of likely N-dealkylation sites (tertiary alicyclic amines) is 1. The van der Waals surface area contributed by atoms with Crippen LogP contribution < -0.4 is 10.1 Å². The minimum atomic E-state index is -0.565. The molecule has 186 valence electrons. The van der Waals surface area contributed by atoms with Crippen molar-refractivity contribution in [1.29, 1.82) is 5.26 Å². The fourth-order valence-corrected chi connectivity index (χ4v) is 5.04. The Kier molecular flexibility index (Phi) is 7.94. The Labute approximate surface area is 208 Å². The van der Waals surface area contributed by atoms with E-state index in [4.69, 9.17) is 14.7 Å². The van der Waals surface area contributed by atoms with Gasteiger partial charge in [-0.3, -0.25) is 9.80 Å². The molecule has 0 aliphatic carbocycles. The maximum absolute atomic E-state index is 12.6. The number of amides is 1. The molecule has 2 bridgehead atoms. The number of hydrogen-bond acceptors (Lipinski definition) is 6. The maximum Gasteiger partial charge on any atom is 0.408 e. The summed E-state index contributed by atoms with van der Waals surface area (Å²) in [5.74, 6) is 0.677. The van der Waals surface area contributed by atoms with Crippen LogP contribution in [0.2, 0.25) is 0 Å². The van der Waals surface area contributed by atoms with Gasteiger partial charge < -0.3 is 14.8 Å². The Morgan fingerprint density at radius 3 is 2.34 bits per heavy atom. The van der Waals surface area contributed by atoms with Gasteiger partial charge in [0.2, 0.25) is 0 Å². The highest BCUT2D eigenvalue weighted by Gasteiger charge is 2.41. The van der Waals surface area contributed by atoms with Crippen molar-refractivity contribution in [2.45, 2.75) is 63.9 Å². The average Bonchev–Trinajstić information content (AvgIpc) is 3.04. The van der Waals surface area contributed by atoms with E-state index in [2.05, 4.69) is 51.5 Å². The predicted molar refractivity (Wildman–Crippen MR) is 135 cm³/mol. The zero-order chi connectivity index (χ0) is 24.8. The summed E-state index contributed by atoms with van der Waals surface area (Å²) in [5.41, 5.74) is 1.37. The van der Waals surface area contributed by atoms with Gasteiger partial charge in [0.05, 0.1) is 17.7 Å². The monoisotopic (exact) mass is 476 g/mol. The summed E-state index contributed by atoms with van der Waals surface area (Å²) in [6.07, 6.45) is 1.91. The molecule has 0 aromatic heterocycles. The van der Waals surface area contributed by atoms with Crippen molar-refractivity contribution in [1.82, 2.24) is 15.1 Å². The van der Waals surface area contributed by atoms with E-state index in [-0.39, 0.29) is 6.04 Å². The van der Waals surface area contributed by atoms with Crippen molar-refractivity contribution in [3.63, 3.8) is 0 Å². The van der Waals surface area contributed by atoms with Crippen LogP contribution in [-0.2, 0) is 11.3 Å². The minimum Gasteiger partial charge on any atom is -0.491 e. The predicted octanol–water partition coefficient (Wildman–Crippen LogP) is 4.18. The average molecular weight is 477 g/mol. The van der Waals surface area contributed by atoms with Gasteiger partial charge in [0.25, 0.3) is 0 Å². The summed E-state index contributed by atoms with van der Waals surface area (Å²) < 4.78 is 11.5. The fourth-order valence-electron chi connectivity index (χ4n) is 5.04. The molecule has 2 aromatic rings. The summed E-state index contributed by atoms with van der Waals surface area (Å²) in [7, 11) is 0. The van der Waals surface area contributed by atoms with Crippen LogP contribution in [0.1, 0.15) is 44.7 Å². The van der Waals surface area contributed by atoms with E-state index < -0.39 is 11.7 Å². The summed E-state index contributed by atoms with van der Waals surface area (Å²) >= 11 is 0. The highest BCUT2D eigenvalue weighted by atomic mass is 16.6. The maximum atomic E-state index is 12.6. The van der Waals surface area contributed by atoms with E-state index in [0.717, 1.165) is 19.6 Å². The highest BCUT2D eigenvalue weighted by Crippen LogP contribution is 2.31. The van der Waals surface area contributed by atoms with Gasteiger partial charge in [-0.05, 0) is 63.4 Å². The zero-order valence-electron chi connectivity index (χ0n) is 20.9. The molecular weight excluding hydrogens is 440 g/mol. The zero-order valence-corrected chi connectivity index (χ0v) is 20.9. The number of hydrogen-bond donors (Lipinski definition) is 1. The number of nitriles is 1. The molecule has 0 radical (unpaired) electrons. The Hall–Kier alpha value is -3.08. The summed E-state index contributed by atoms with van der Waals surface area (Å²) in [5, 5.41) is 12.1. The number of alkyl carbamates (subject to hydrolysis) is 1. The molecular formula is C28H36N4O3. The molecule has 3 atom stereocenters. The van der Waals surface area contributed by atoms with Crippen molar-refractivity contribution < 1.29 is 14.3 Å². The third-order valence-corrected chi connectivity index (χ3v) is 6.54. The Morgan fingerprint density at radius 2 is 1.74 bits per heavy atom. The number of carbonyl (C=O) groups excluding carboxylic acids is 1. The van der Waals surface area contributed by atoms with Crippen LogP contribution in [-0.4, -0.2) is 65.9 Å². The number of nitrogens with one attached hydrogen (secondary N) is 1. The van der Waals surface area contributed by atoms with E-state index in [1.807, 2.05) is 20.8 Å². The lowest BCUT2D eigenvalue weighted by Gasteiger charge is -2.42. The lowest BCUT2D eigenvalue weighted by molar-refractivity contribution is 0.0343. The van der Waals surface area contributed by atoms with Crippen LogP contribution in [0, 0.1) is 11.3 Å². The molecule has 1 N–H and O–H groups in total. The van der Waals surface area contributed by atoms with E-state index >= 15 is 0 Å². The Morgan fingerprint density at radius 1 is 1.09 bits per heavy atom. The molecule has 2 saturated heterocycles. The third-order valence-electron chi connectivity index (χ3n) is 6.54. The number of ether oxygens (including phenoxy) is 2. The molecule has 2 heterocycles. The van der Waals surface area contributed by atoms with Crippen LogP contribution in [0.25, 0.3) is 0 Å². The minimum absolute atomic E-state index is 0.218. The normalized spacial score (nSPS) is 21.2. The molecule has 2 fully saturated rings. The van der Waals surface area contributed by atoms with Gasteiger partial charge in [0, 0.05) is 38.3 Å². The first kappa shape index (κ1) is 25.0. The molecule has 4 rings (SSSR count). The molecule has 1 amide bonds. The molecule has 2 aliphatic rings. The van der Waals surface area contributed by atoms with E-state index in [1.165, 1.54) is 18.4 Å². The van der Waals surface area contributed by atoms with Crippen LogP contribution in [0.5, 0.6) is 5.75 Å². The molecule has 7 heteroatoms. The van der Waals surface area contributed by atoms with Crippen molar-refractivity contribution in [3.05, 3.63) is 65.7 Å². The molecule has 2 aliphatic heterocycles. The second-order valence-corrected chi connectivity index (χ2v) is 10.6. The fraction of sp³-hybridized carbons (Fsp3) is 0.500. The summed E-state index contributed by atoms with van der Waals surface area (Å²) in [6.45, 7) is 9.66. The quantitative estimate of drug-likeness (QED) is 0.616. The first-order valence-electron chi connectivity index (χ1n) is 12.4. The van der Waals surface area contributed by atoms with E-state index in [1.54, 1.807) is 24.3 Å². The Balaban J connectivity index is 1.39. The molecule has 2 aromatic carbocycles. The van der Waals surface area contributed by atoms with Crippen molar-refractivity contribution in [3.8, 4) is 11.8 Å². The third kappa shape index (κ3) is 7.20. The SMILES string of the molecule is CC(C)(C)OC(=O)N[C@H](COc1ccc(C#N)cc1)CN1[C@H]2CC[C@H]1CN(Cc1ccccc1)C2. The molecule has 35 heavy (non-hydrogen) atoms. The number of nitrogens with zero attached hydrogens (tertiary/aromatic N) is 3. The van der Waals surface area contributed by atoms with Crippen LogP contribution >= 0.6 is 0 Å². The van der Waals surface area contributed by atoms with Gasteiger partial charge >= 0.3 is 6.09 Å². The number of rotatable bonds is 8. The van der Waals surface area contributed by atoms with Gasteiger partial charge in [-0.2, -0.15) is 5.26 Å². The van der Waals surface area contributed by atoms with Gasteiger partial charge in [0.15, 0.2) is 0 Å². The number of carbonyl (C=O) groups is 1. The Bertz CT molecular complexity index is 999. The van der Waals surface area contributed by atoms with Crippen LogP contribution in [0.4, 0.5) is 4.79 Å². The second-order valence-electron chi connectivity index (χ2n) is 10.6. The number of piperazine rings is 1. The van der Waals surface area contributed by atoms with Crippen molar-refractivity contribution in [2.75, 3.05) is 26.2 Å². The highest BCUT2D eigenvalue weighted by molar-refractivity contribution is 5.68. The van der Waals surface area contributed by atoms with Gasteiger partial charge in [-0.15, -0.1) is 0 Å². The topological polar surface area (TPSA) is 77.8 Å². The van der Waals surface area contributed by atoms with Gasteiger partial charge in [0.1, 0.15) is 18.0 Å². The summed E-state index contributed by atoms with van der Waals surface area (Å²) in [6, 6.07) is 20.5. The van der Waals surface area contributed by atoms with E-state index in [0.29, 0.717) is 36.5 Å². The number of benzene rings is 2. The van der Waals surface area contributed by atoms with Gasteiger partial charge in [-0.25, -0.2) is 4.79 Å².